The summed E-state index contributed by atoms with van der Waals surface area (Å²) >= 11 is 0. The first-order valence-electron chi connectivity index (χ1n) is 25.0. The molecule has 69 heavy (non-hydrogen) atoms. The van der Waals surface area contributed by atoms with E-state index in [1.165, 1.54) is 133 Å². The lowest BCUT2D eigenvalue weighted by Gasteiger charge is -2.38. The van der Waals surface area contributed by atoms with Gasteiger partial charge in [0.2, 0.25) is 0 Å². The number of aromatic nitrogens is 2. The summed E-state index contributed by atoms with van der Waals surface area (Å²) < 4.78 is 4.93. The number of fused-ring (bicyclic) bond motifs is 8. The summed E-state index contributed by atoms with van der Waals surface area (Å²) in [5.41, 5.74) is 28.2. The number of hydrogen-bond donors (Lipinski definition) is 0. The predicted molar refractivity (Wildman–Crippen MR) is 292 cm³/mol. The maximum Gasteiger partial charge on any atom is 0.0538 e. The van der Waals surface area contributed by atoms with Crippen LogP contribution in [0.25, 0.3) is 77.9 Å². The van der Waals surface area contributed by atoms with Gasteiger partial charge >= 0.3 is 0 Å². The lowest BCUT2D eigenvalue weighted by atomic mass is 9.65. The van der Waals surface area contributed by atoms with Gasteiger partial charge < -0.3 is 9.13 Å². The van der Waals surface area contributed by atoms with Gasteiger partial charge in [-0.15, -0.1) is 0 Å². The van der Waals surface area contributed by atoms with E-state index in [1.54, 1.807) is 0 Å². The maximum absolute atomic E-state index is 2.58. The Hall–Kier alpha value is -7.68. The molecule has 2 aromatic heterocycles. The average Bonchev–Trinajstić information content (AvgIpc) is 3.86. The molecule has 0 bridgehead atoms. The van der Waals surface area contributed by atoms with Crippen LogP contribution in [0.3, 0.4) is 0 Å². The third-order valence-electron chi connectivity index (χ3n) is 16.1. The van der Waals surface area contributed by atoms with Crippen molar-refractivity contribution in [2.24, 2.45) is 7.05 Å². The summed E-state index contributed by atoms with van der Waals surface area (Å²) in [6.45, 7) is 9.22. The lowest BCUT2D eigenvalue weighted by molar-refractivity contribution is 0.636. The number of nitrogens with zero attached hydrogens (tertiary/aromatic N) is 2. The van der Waals surface area contributed by atoms with Gasteiger partial charge in [-0.3, -0.25) is 0 Å². The molecule has 0 saturated carbocycles. The Bertz CT molecular complexity index is 3790. The van der Waals surface area contributed by atoms with Crippen LogP contribution in [-0.2, 0) is 13.5 Å². The van der Waals surface area contributed by atoms with Gasteiger partial charge in [0.1, 0.15) is 0 Å². The summed E-state index contributed by atoms with van der Waals surface area (Å²) in [6.07, 6.45) is 10.5. The Morgan fingerprint density at radius 1 is 0.522 bits per heavy atom. The average molecular weight is 889 g/mol. The Morgan fingerprint density at radius 3 is 1.99 bits per heavy atom. The molecule has 334 valence electrons. The van der Waals surface area contributed by atoms with Gasteiger partial charge in [0.15, 0.2) is 0 Å². The van der Waals surface area contributed by atoms with Crippen LogP contribution in [-0.4, -0.2) is 9.13 Å². The Balaban J connectivity index is 0.921. The zero-order valence-corrected chi connectivity index (χ0v) is 40.2. The molecule has 13 rings (SSSR count). The smallest absolute Gasteiger partial charge is 0.0538 e. The van der Waals surface area contributed by atoms with Crippen LogP contribution in [0.5, 0.6) is 0 Å². The molecular formula is C67H56N2. The summed E-state index contributed by atoms with van der Waals surface area (Å²) in [5.74, 6) is 0.886. The Morgan fingerprint density at radius 2 is 1.19 bits per heavy atom. The molecule has 2 heteroatoms. The highest BCUT2D eigenvalue weighted by molar-refractivity contribution is 6.08. The maximum atomic E-state index is 2.58. The van der Waals surface area contributed by atoms with Crippen molar-refractivity contribution in [3.8, 4) is 27.9 Å². The first-order valence-corrected chi connectivity index (χ1v) is 25.0. The van der Waals surface area contributed by atoms with E-state index in [1.807, 2.05) is 0 Å². The SMILES string of the molecule is Cc1cc(C)c(-n2c3c(c4cc(-c5cccc(-c6ccc7c(c6)C6=C(C=CC(c8ccccc8)C6)C(c6ccc8c(c6)c6ccccc6n8C)C7C)c5)ccc42)C=C(c2ccccc2)CC3)c(C)c1. The van der Waals surface area contributed by atoms with E-state index in [-0.39, 0.29) is 5.92 Å². The van der Waals surface area contributed by atoms with Crippen molar-refractivity contribution in [1.82, 2.24) is 9.13 Å². The third-order valence-corrected chi connectivity index (χ3v) is 16.1. The van der Waals surface area contributed by atoms with Gasteiger partial charge in [0, 0.05) is 57.3 Å². The van der Waals surface area contributed by atoms with E-state index in [2.05, 4.69) is 238 Å². The van der Waals surface area contributed by atoms with Gasteiger partial charge in [-0.2, -0.15) is 0 Å². The largest absolute Gasteiger partial charge is 0.344 e. The molecule has 8 aromatic carbocycles. The van der Waals surface area contributed by atoms with Crippen LogP contribution in [0.15, 0.2) is 194 Å². The minimum atomic E-state index is 0.256. The number of aryl methyl sites for hydroxylation is 4. The van der Waals surface area contributed by atoms with Crippen molar-refractivity contribution in [1.29, 1.82) is 0 Å². The molecule has 3 atom stereocenters. The monoisotopic (exact) mass is 888 g/mol. The topological polar surface area (TPSA) is 9.86 Å². The van der Waals surface area contributed by atoms with Gasteiger partial charge in [-0.25, -0.2) is 0 Å². The first-order chi connectivity index (χ1) is 33.8. The first kappa shape index (κ1) is 41.5. The van der Waals surface area contributed by atoms with E-state index in [9.17, 15) is 0 Å². The second kappa shape index (κ2) is 16.2. The molecule has 3 aliphatic carbocycles. The summed E-state index contributed by atoms with van der Waals surface area (Å²) in [5, 5.41) is 3.98. The minimum absolute atomic E-state index is 0.256. The highest BCUT2D eigenvalue weighted by atomic mass is 15.0. The number of benzene rings is 8. The fraction of sp³-hybridized carbons (Fsp3) is 0.164. The molecule has 0 amide bonds. The van der Waals surface area contributed by atoms with Crippen molar-refractivity contribution < 1.29 is 0 Å². The molecule has 0 aliphatic heterocycles. The number of para-hydroxylation sites is 1. The molecule has 0 radical (unpaired) electrons. The molecule has 3 aliphatic rings. The third kappa shape index (κ3) is 6.75. The molecule has 0 spiro atoms. The van der Waals surface area contributed by atoms with Crippen LogP contribution in [0.2, 0.25) is 0 Å². The molecule has 10 aromatic rings. The minimum Gasteiger partial charge on any atom is -0.344 e. The van der Waals surface area contributed by atoms with E-state index in [4.69, 9.17) is 0 Å². The molecule has 0 saturated heterocycles. The number of rotatable bonds is 6. The second-order valence-electron chi connectivity index (χ2n) is 20.2. The zero-order valence-electron chi connectivity index (χ0n) is 40.2. The van der Waals surface area contributed by atoms with E-state index >= 15 is 0 Å². The van der Waals surface area contributed by atoms with Crippen LogP contribution in [0, 0.1) is 20.8 Å². The lowest BCUT2D eigenvalue weighted by Crippen LogP contribution is -2.21. The van der Waals surface area contributed by atoms with Crippen LogP contribution in [0.4, 0.5) is 0 Å². The number of allylic oxidation sites excluding steroid dienone is 5. The molecule has 0 N–H and O–H groups in total. The normalized spacial score (nSPS) is 17.6. The van der Waals surface area contributed by atoms with E-state index in [0.717, 1.165) is 19.3 Å². The molecular weight excluding hydrogens is 833 g/mol. The second-order valence-corrected chi connectivity index (χ2v) is 20.2. The fourth-order valence-corrected chi connectivity index (χ4v) is 12.9. The van der Waals surface area contributed by atoms with Crippen molar-refractivity contribution in [3.05, 3.63) is 249 Å². The van der Waals surface area contributed by atoms with E-state index in [0.29, 0.717) is 11.8 Å². The van der Waals surface area contributed by atoms with Gasteiger partial charge in [-0.05, 0) is 172 Å². The molecule has 3 unspecified atom stereocenters. The molecule has 2 heterocycles. The zero-order chi connectivity index (χ0) is 46.5. The van der Waals surface area contributed by atoms with Gasteiger partial charge in [0.25, 0.3) is 0 Å². The van der Waals surface area contributed by atoms with Crippen molar-refractivity contribution in [2.45, 2.75) is 64.7 Å². The standard InChI is InChI=1S/C67H56N2/c1-41-33-42(2)67(43(3)34-41)69-64-31-25-50(46-17-10-7-11-18-46)38-60(64)61-39-52(26-32-65(61)69)48-20-14-19-47(35-48)51-23-28-54-44(4)66(53-27-30-63-59(40-53)55-21-12-13-22-62(55)68(63)5)56-29-24-49(36-58(56)57(54)37-51)45-15-8-6-9-16-45/h6-24,26-30,32-35,37-40,44,49,66H,25,31,36H2,1-5H3. The quantitative estimate of drug-likeness (QED) is 0.157. The Kier molecular flexibility index (Phi) is 9.77. The summed E-state index contributed by atoms with van der Waals surface area (Å²) in [4.78, 5) is 0. The fourth-order valence-electron chi connectivity index (χ4n) is 12.9. The van der Waals surface area contributed by atoms with Crippen molar-refractivity contribution in [3.63, 3.8) is 0 Å². The molecule has 2 nitrogen and oxygen atoms in total. The van der Waals surface area contributed by atoms with Gasteiger partial charge in [-0.1, -0.05) is 158 Å². The van der Waals surface area contributed by atoms with Gasteiger partial charge in [0.05, 0.1) is 11.2 Å². The summed E-state index contributed by atoms with van der Waals surface area (Å²) in [7, 11) is 2.20. The van der Waals surface area contributed by atoms with Crippen LogP contribution in [0.1, 0.15) is 93.3 Å². The summed E-state index contributed by atoms with van der Waals surface area (Å²) in [6, 6.07) is 66.7. The van der Waals surface area contributed by atoms with Crippen LogP contribution >= 0.6 is 0 Å². The predicted octanol–water partition coefficient (Wildman–Crippen LogP) is 17.4. The highest BCUT2D eigenvalue weighted by Gasteiger charge is 2.36. The number of hydrogen-bond acceptors (Lipinski definition) is 0. The van der Waals surface area contributed by atoms with Crippen molar-refractivity contribution in [2.75, 3.05) is 0 Å². The Labute approximate surface area is 406 Å². The van der Waals surface area contributed by atoms with E-state index < -0.39 is 0 Å². The molecule has 0 fully saturated rings. The van der Waals surface area contributed by atoms with Crippen molar-refractivity contribution >= 4 is 49.9 Å². The highest BCUT2D eigenvalue weighted by Crippen LogP contribution is 2.54. The van der Waals surface area contributed by atoms with Crippen LogP contribution < -0.4 is 0 Å².